The molecule has 0 spiro atoms. The highest BCUT2D eigenvalue weighted by atomic mass is 32.2. The topological polar surface area (TPSA) is 66.9 Å². The maximum Gasteiger partial charge on any atom is 0.217 e. The van der Waals surface area contributed by atoms with Crippen molar-refractivity contribution in [1.29, 1.82) is 0 Å². The fourth-order valence-corrected chi connectivity index (χ4v) is 4.62. The second-order valence-electron chi connectivity index (χ2n) is 7.15. The lowest BCUT2D eigenvalue weighted by Crippen LogP contribution is -2.49. The van der Waals surface area contributed by atoms with E-state index >= 15 is 0 Å². The van der Waals surface area contributed by atoms with Gasteiger partial charge in [0, 0.05) is 37.4 Å². The van der Waals surface area contributed by atoms with Crippen molar-refractivity contribution in [1.82, 2.24) is 4.31 Å². The third-order valence-corrected chi connectivity index (χ3v) is 7.05. The summed E-state index contributed by atoms with van der Waals surface area (Å²) in [5.41, 5.74) is 2.91. The average Bonchev–Trinajstić information content (AvgIpc) is 2.74. The summed E-state index contributed by atoms with van der Waals surface area (Å²) in [6.07, 6.45) is 0.960. The van der Waals surface area contributed by atoms with Crippen LogP contribution in [0.1, 0.15) is 29.8 Å². The number of anilines is 1. The molecule has 0 N–H and O–H groups in total. The van der Waals surface area contributed by atoms with Crippen LogP contribution in [-0.2, 0) is 16.4 Å². The van der Waals surface area contributed by atoms with Gasteiger partial charge in [0.05, 0.1) is 5.75 Å². The van der Waals surface area contributed by atoms with Crippen LogP contribution in [-0.4, -0.2) is 57.0 Å². The van der Waals surface area contributed by atoms with Crippen LogP contribution in [0.2, 0.25) is 0 Å². The van der Waals surface area contributed by atoms with Crippen LogP contribution in [0.3, 0.4) is 0 Å². The Labute approximate surface area is 173 Å². The number of Topliss-reactive ketones (excluding diaryl/α,β-unsaturated/α-hetero) is 1. The van der Waals surface area contributed by atoms with E-state index in [0.29, 0.717) is 37.5 Å². The fraction of sp³-hybridized carbons (Fsp3) is 0.409. The van der Waals surface area contributed by atoms with Gasteiger partial charge in [-0.25, -0.2) is 8.42 Å². The molecule has 156 valence electrons. The summed E-state index contributed by atoms with van der Waals surface area (Å²) >= 11 is 0. The van der Waals surface area contributed by atoms with Gasteiger partial charge in [0.15, 0.2) is 5.78 Å². The summed E-state index contributed by atoms with van der Waals surface area (Å²) in [6, 6.07) is 15.2. The number of ketones is 1. The second-order valence-corrected chi connectivity index (χ2v) is 9.24. The highest BCUT2D eigenvalue weighted by molar-refractivity contribution is 7.89. The monoisotopic (exact) mass is 416 g/mol. The van der Waals surface area contributed by atoms with Crippen LogP contribution < -0.4 is 9.64 Å². The number of ether oxygens (including phenoxy) is 1. The van der Waals surface area contributed by atoms with Crippen molar-refractivity contribution in [3.05, 3.63) is 59.7 Å². The molecule has 7 heteroatoms. The maximum atomic E-state index is 12.6. The Morgan fingerprint density at radius 1 is 0.966 bits per heavy atom. The fourth-order valence-electron chi connectivity index (χ4n) is 3.35. The number of nitrogens with zero attached hydrogens (tertiary/aromatic N) is 2. The molecule has 0 unspecified atom stereocenters. The van der Waals surface area contributed by atoms with Crippen LogP contribution in [0.15, 0.2) is 48.5 Å². The van der Waals surface area contributed by atoms with E-state index in [4.69, 9.17) is 4.74 Å². The summed E-state index contributed by atoms with van der Waals surface area (Å²) in [6.45, 7) is 5.91. The highest BCUT2D eigenvalue weighted by Crippen LogP contribution is 2.19. The Morgan fingerprint density at radius 3 is 2.14 bits per heavy atom. The van der Waals surface area contributed by atoms with Crippen LogP contribution in [0, 0.1) is 0 Å². The maximum absolute atomic E-state index is 12.6. The van der Waals surface area contributed by atoms with Gasteiger partial charge in [0.1, 0.15) is 12.4 Å². The molecule has 0 atom stereocenters. The van der Waals surface area contributed by atoms with Gasteiger partial charge in [-0.3, -0.25) is 4.79 Å². The van der Waals surface area contributed by atoms with E-state index in [1.807, 2.05) is 48.5 Å². The van der Waals surface area contributed by atoms with Gasteiger partial charge in [0.2, 0.25) is 10.0 Å². The van der Waals surface area contributed by atoms with E-state index in [0.717, 1.165) is 12.1 Å². The highest BCUT2D eigenvalue weighted by Gasteiger charge is 2.27. The van der Waals surface area contributed by atoms with Crippen molar-refractivity contribution in [2.75, 3.05) is 43.4 Å². The number of hydrogen-bond acceptors (Lipinski definition) is 5. The molecule has 2 aromatic carbocycles. The minimum atomic E-state index is -3.35. The van der Waals surface area contributed by atoms with Gasteiger partial charge in [0.25, 0.3) is 0 Å². The van der Waals surface area contributed by atoms with Gasteiger partial charge in [-0.1, -0.05) is 19.1 Å². The lowest BCUT2D eigenvalue weighted by molar-refractivity contribution is 0.101. The predicted molar refractivity (Wildman–Crippen MR) is 115 cm³/mol. The number of piperazine rings is 1. The molecule has 0 aromatic heterocycles. The third kappa shape index (κ3) is 5.58. The predicted octanol–water partition coefficient (Wildman–Crippen LogP) is 2.98. The zero-order chi connectivity index (χ0) is 20.9. The van der Waals surface area contributed by atoms with Crippen molar-refractivity contribution in [2.24, 2.45) is 0 Å². The number of carbonyl (C=O) groups is 1. The Kier molecular flexibility index (Phi) is 6.92. The SMILES string of the molecule is CCc1ccc(OCCS(=O)(=O)N2CCN(c3ccc(C(C)=O)cc3)CC2)cc1. The summed E-state index contributed by atoms with van der Waals surface area (Å²) in [4.78, 5) is 13.5. The number of rotatable bonds is 8. The smallest absolute Gasteiger partial charge is 0.217 e. The van der Waals surface area contributed by atoms with Crippen molar-refractivity contribution in [3.63, 3.8) is 0 Å². The van der Waals surface area contributed by atoms with E-state index in [1.165, 1.54) is 9.87 Å². The van der Waals surface area contributed by atoms with Gasteiger partial charge < -0.3 is 9.64 Å². The first-order valence-electron chi connectivity index (χ1n) is 9.94. The molecule has 0 bridgehead atoms. The number of benzene rings is 2. The van der Waals surface area contributed by atoms with Crippen molar-refractivity contribution in [2.45, 2.75) is 20.3 Å². The average molecular weight is 417 g/mol. The molecular weight excluding hydrogens is 388 g/mol. The number of carbonyl (C=O) groups excluding carboxylic acids is 1. The van der Waals surface area contributed by atoms with Crippen LogP contribution in [0.4, 0.5) is 5.69 Å². The molecule has 0 radical (unpaired) electrons. The second kappa shape index (κ2) is 9.41. The standard InChI is InChI=1S/C22H28N2O4S/c1-3-19-4-10-22(11-5-19)28-16-17-29(26,27)24-14-12-23(13-15-24)21-8-6-20(7-9-21)18(2)25/h4-11H,3,12-17H2,1-2H3. The first-order chi connectivity index (χ1) is 13.9. The molecule has 1 saturated heterocycles. The number of hydrogen-bond donors (Lipinski definition) is 0. The van der Waals surface area contributed by atoms with Gasteiger partial charge in [-0.15, -0.1) is 0 Å². The van der Waals surface area contributed by atoms with Crippen molar-refractivity contribution < 1.29 is 17.9 Å². The van der Waals surface area contributed by atoms with Crippen molar-refractivity contribution >= 4 is 21.5 Å². The largest absolute Gasteiger partial charge is 0.492 e. The molecule has 29 heavy (non-hydrogen) atoms. The molecule has 2 aromatic rings. The van der Waals surface area contributed by atoms with Gasteiger partial charge in [-0.2, -0.15) is 4.31 Å². The Balaban J connectivity index is 1.49. The minimum absolute atomic E-state index is 0.0319. The Bertz CT molecular complexity index is 916. The molecule has 3 rings (SSSR count). The number of sulfonamides is 1. The van der Waals surface area contributed by atoms with Crippen LogP contribution >= 0.6 is 0 Å². The van der Waals surface area contributed by atoms with Crippen LogP contribution in [0.25, 0.3) is 0 Å². The van der Waals surface area contributed by atoms with E-state index in [9.17, 15) is 13.2 Å². The Hall–Kier alpha value is -2.38. The lowest BCUT2D eigenvalue weighted by atomic mass is 10.1. The first kappa shape index (κ1) is 21.3. The summed E-state index contributed by atoms with van der Waals surface area (Å²) < 4.78 is 32.4. The molecule has 6 nitrogen and oxygen atoms in total. The zero-order valence-corrected chi connectivity index (χ0v) is 17.8. The lowest BCUT2D eigenvalue weighted by Gasteiger charge is -2.35. The van der Waals surface area contributed by atoms with E-state index in [1.54, 1.807) is 6.92 Å². The van der Waals surface area contributed by atoms with Crippen LogP contribution in [0.5, 0.6) is 5.75 Å². The molecule has 0 saturated carbocycles. The third-order valence-electron chi connectivity index (χ3n) is 5.21. The number of aryl methyl sites for hydroxylation is 1. The van der Waals surface area contributed by atoms with Gasteiger partial charge >= 0.3 is 0 Å². The van der Waals surface area contributed by atoms with E-state index in [2.05, 4.69) is 11.8 Å². The quantitative estimate of drug-likeness (QED) is 0.619. The molecule has 1 aliphatic rings. The molecule has 0 amide bonds. The summed E-state index contributed by atoms with van der Waals surface area (Å²) in [7, 11) is -3.35. The summed E-state index contributed by atoms with van der Waals surface area (Å²) in [5.74, 6) is 0.697. The van der Waals surface area contributed by atoms with Crippen molar-refractivity contribution in [3.8, 4) is 5.75 Å². The molecule has 1 aliphatic heterocycles. The summed E-state index contributed by atoms with van der Waals surface area (Å²) in [5, 5.41) is 0. The Morgan fingerprint density at radius 2 is 1.59 bits per heavy atom. The van der Waals surface area contributed by atoms with E-state index in [-0.39, 0.29) is 18.1 Å². The molecule has 1 heterocycles. The van der Waals surface area contributed by atoms with Gasteiger partial charge in [-0.05, 0) is 55.3 Å². The zero-order valence-electron chi connectivity index (χ0n) is 17.0. The van der Waals surface area contributed by atoms with E-state index < -0.39 is 10.0 Å². The normalized spacial score (nSPS) is 15.3. The molecular formula is C22H28N2O4S. The molecule has 1 fully saturated rings. The first-order valence-corrected chi connectivity index (χ1v) is 11.6. The molecule has 0 aliphatic carbocycles. The minimum Gasteiger partial charge on any atom is -0.492 e.